The smallest absolute Gasteiger partial charge is 0.312 e. The fraction of sp³-hybridized carbons (Fsp3) is 0.462. The first-order valence-corrected chi connectivity index (χ1v) is 6.87. The van der Waals surface area contributed by atoms with Gasteiger partial charge in [-0.25, -0.2) is 0 Å². The fourth-order valence-corrected chi connectivity index (χ4v) is 1.98. The number of halogens is 1. The third kappa shape index (κ3) is 4.15. The van der Waals surface area contributed by atoms with Crippen LogP contribution in [-0.2, 0) is 4.79 Å². The van der Waals surface area contributed by atoms with Gasteiger partial charge in [-0.3, -0.25) is 14.9 Å². The van der Waals surface area contributed by atoms with Gasteiger partial charge in [0.1, 0.15) is 6.61 Å². The zero-order chi connectivity index (χ0) is 16.4. The van der Waals surface area contributed by atoms with E-state index < -0.39 is 22.4 Å². The molecule has 0 unspecified atom stereocenters. The molecule has 0 radical (unpaired) electrons. The first-order valence-electron chi connectivity index (χ1n) is 6.08. The fourth-order valence-electron chi connectivity index (χ4n) is 1.52. The Bertz CT molecular complexity index is 570. The minimum absolute atomic E-state index is 0.118. The van der Waals surface area contributed by atoms with Crippen molar-refractivity contribution in [3.63, 3.8) is 0 Å². The normalized spacial score (nSPS) is 12.8. The molecule has 0 saturated carbocycles. The van der Waals surface area contributed by atoms with Crippen LogP contribution < -0.4 is 4.74 Å². The Labute approximate surface area is 129 Å². The van der Waals surface area contributed by atoms with E-state index in [1.165, 1.54) is 32.9 Å². The Morgan fingerprint density at radius 1 is 1.52 bits per heavy atom. The number of nitro groups is 1. The lowest BCUT2D eigenvalue weighted by atomic mass is 9.95. The van der Waals surface area contributed by atoms with Crippen LogP contribution in [0.1, 0.15) is 32.4 Å². The van der Waals surface area contributed by atoms with Crippen molar-refractivity contribution in [2.24, 2.45) is 5.41 Å². The third-order valence-corrected chi connectivity index (χ3v) is 3.32. The van der Waals surface area contributed by atoms with Crippen LogP contribution in [0.2, 0.25) is 0 Å². The van der Waals surface area contributed by atoms with Crippen molar-refractivity contribution in [3.05, 3.63) is 32.3 Å². The first-order chi connectivity index (χ1) is 9.56. The Kier molecular flexibility index (Phi) is 5.30. The molecular weight excluding hydrogens is 346 g/mol. The Hall–Kier alpha value is -1.67. The average molecular weight is 362 g/mol. The number of aliphatic carboxylic acids is 1. The van der Waals surface area contributed by atoms with Crippen molar-refractivity contribution >= 4 is 27.6 Å². The number of carbonyl (C=O) groups is 1. The number of carboxylic acids is 1. The standard InChI is InChI=1S/C13H16BrNO6/c1-7(16)9-4-8(14)5-10(15(19)20)11(9)21-6-13(2,3)12(17)18/h4-5,7,16H,6H2,1-3H3,(H,17,18)/t7-/m0/s1. The lowest BCUT2D eigenvalue weighted by molar-refractivity contribution is -0.386. The van der Waals surface area contributed by atoms with Crippen LogP contribution in [0.15, 0.2) is 16.6 Å². The molecule has 1 aromatic rings. The molecular formula is C13H16BrNO6. The van der Waals surface area contributed by atoms with Crippen LogP contribution in [0.4, 0.5) is 5.69 Å². The number of hydrogen-bond donors (Lipinski definition) is 2. The summed E-state index contributed by atoms with van der Waals surface area (Å²) in [4.78, 5) is 21.5. The van der Waals surface area contributed by atoms with E-state index in [4.69, 9.17) is 9.84 Å². The Morgan fingerprint density at radius 3 is 2.52 bits per heavy atom. The van der Waals surface area contributed by atoms with Crippen molar-refractivity contribution in [2.45, 2.75) is 26.9 Å². The van der Waals surface area contributed by atoms with Crippen LogP contribution >= 0.6 is 15.9 Å². The average Bonchev–Trinajstić information content (AvgIpc) is 2.35. The summed E-state index contributed by atoms with van der Waals surface area (Å²) in [6.07, 6.45) is -0.996. The highest BCUT2D eigenvalue weighted by molar-refractivity contribution is 9.10. The summed E-state index contributed by atoms with van der Waals surface area (Å²) in [6.45, 7) is 4.08. The Morgan fingerprint density at radius 2 is 2.10 bits per heavy atom. The van der Waals surface area contributed by atoms with Gasteiger partial charge in [-0.1, -0.05) is 15.9 Å². The molecule has 0 saturated heterocycles. The van der Waals surface area contributed by atoms with Crippen LogP contribution in [-0.4, -0.2) is 27.7 Å². The van der Waals surface area contributed by atoms with Gasteiger partial charge in [0.15, 0.2) is 0 Å². The number of aliphatic hydroxyl groups is 1. The summed E-state index contributed by atoms with van der Waals surface area (Å²) in [7, 11) is 0. The number of nitrogens with zero attached hydrogens (tertiary/aromatic N) is 1. The molecule has 1 aromatic carbocycles. The van der Waals surface area contributed by atoms with Crippen LogP contribution in [0.5, 0.6) is 5.75 Å². The van der Waals surface area contributed by atoms with Gasteiger partial charge in [0.25, 0.3) is 0 Å². The second-order valence-corrected chi connectivity index (χ2v) is 6.17. The van der Waals surface area contributed by atoms with Gasteiger partial charge in [-0.2, -0.15) is 0 Å². The molecule has 1 rings (SSSR count). The summed E-state index contributed by atoms with van der Waals surface area (Å²) < 4.78 is 5.79. The molecule has 0 spiro atoms. The first kappa shape index (κ1) is 17.4. The molecule has 0 heterocycles. The minimum Gasteiger partial charge on any atom is -0.485 e. The molecule has 0 bridgehead atoms. The van der Waals surface area contributed by atoms with Gasteiger partial charge in [0.05, 0.1) is 16.4 Å². The number of rotatable bonds is 6. The van der Waals surface area contributed by atoms with Crippen LogP contribution in [0, 0.1) is 15.5 Å². The van der Waals surface area contributed by atoms with E-state index in [1.807, 2.05) is 0 Å². The highest BCUT2D eigenvalue weighted by Gasteiger charge is 2.31. The topological polar surface area (TPSA) is 110 Å². The van der Waals surface area contributed by atoms with E-state index in [1.54, 1.807) is 0 Å². The van der Waals surface area contributed by atoms with Gasteiger partial charge >= 0.3 is 11.7 Å². The molecule has 0 aliphatic heterocycles. The lowest BCUT2D eigenvalue weighted by Gasteiger charge is -2.21. The zero-order valence-corrected chi connectivity index (χ0v) is 13.4. The maximum absolute atomic E-state index is 11.1. The van der Waals surface area contributed by atoms with Crippen molar-refractivity contribution in [1.82, 2.24) is 0 Å². The molecule has 0 aromatic heterocycles. The molecule has 21 heavy (non-hydrogen) atoms. The quantitative estimate of drug-likeness (QED) is 0.595. The predicted molar refractivity (Wildman–Crippen MR) is 78.3 cm³/mol. The molecule has 0 aliphatic rings. The summed E-state index contributed by atoms with van der Waals surface area (Å²) in [5.74, 6) is -1.20. The summed E-state index contributed by atoms with van der Waals surface area (Å²) >= 11 is 3.13. The van der Waals surface area contributed by atoms with Gasteiger partial charge < -0.3 is 14.9 Å². The van der Waals surface area contributed by atoms with Gasteiger partial charge in [-0.05, 0) is 26.8 Å². The van der Waals surface area contributed by atoms with Crippen molar-refractivity contribution in [1.29, 1.82) is 0 Å². The maximum atomic E-state index is 11.1. The molecule has 116 valence electrons. The predicted octanol–water partition coefficient (Wildman–Crippen LogP) is 2.90. The number of aliphatic hydroxyl groups excluding tert-OH is 1. The molecule has 0 aliphatic carbocycles. The molecule has 1 atom stereocenters. The number of ether oxygens (including phenoxy) is 1. The molecule has 7 nitrogen and oxygen atoms in total. The van der Waals surface area contributed by atoms with E-state index in [0.29, 0.717) is 4.47 Å². The van der Waals surface area contributed by atoms with E-state index in [2.05, 4.69) is 15.9 Å². The van der Waals surface area contributed by atoms with E-state index in [9.17, 15) is 20.0 Å². The highest BCUT2D eigenvalue weighted by Crippen LogP contribution is 2.38. The molecule has 2 N–H and O–H groups in total. The summed E-state index contributed by atoms with van der Waals surface area (Å²) in [5, 5.41) is 29.9. The number of benzene rings is 1. The van der Waals surface area contributed by atoms with Gasteiger partial charge in [-0.15, -0.1) is 0 Å². The highest BCUT2D eigenvalue weighted by atomic mass is 79.9. The molecule has 0 amide bonds. The van der Waals surface area contributed by atoms with E-state index >= 15 is 0 Å². The Balaban J connectivity index is 3.26. The lowest BCUT2D eigenvalue weighted by Crippen LogP contribution is -2.31. The summed E-state index contributed by atoms with van der Waals surface area (Å²) in [6, 6.07) is 2.75. The third-order valence-electron chi connectivity index (χ3n) is 2.87. The van der Waals surface area contributed by atoms with Crippen LogP contribution in [0.25, 0.3) is 0 Å². The second-order valence-electron chi connectivity index (χ2n) is 5.25. The summed E-state index contributed by atoms with van der Waals surface area (Å²) in [5.41, 5.74) is -1.32. The maximum Gasteiger partial charge on any atom is 0.312 e. The van der Waals surface area contributed by atoms with Crippen molar-refractivity contribution in [3.8, 4) is 5.75 Å². The van der Waals surface area contributed by atoms with Crippen molar-refractivity contribution in [2.75, 3.05) is 6.61 Å². The molecule has 8 heteroatoms. The van der Waals surface area contributed by atoms with E-state index in [0.717, 1.165) is 0 Å². The van der Waals surface area contributed by atoms with E-state index in [-0.39, 0.29) is 23.6 Å². The number of carboxylic acid groups (broad SMARTS) is 1. The minimum atomic E-state index is -1.21. The zero-order valence-electron chi connectivity index (χ0n) is 11.8. The second kappa shape index (κ2) is 6.40. The van der Waals surface area contributed by atoms with Crippen LogP contribution in [0.3, 0.4) is 0 Å². The van der Waals surface area contributed by atoms with Crippen molar-refractivity contribution < 1.29 is 24.7 Å². The number of hydrogen-bond acceptors (Lipinski definition) is 5. The molecule has 0 fully saturated rings. The number of nitro benzene ring substituents is 1. The SMILES string of the molecule is C[C@H](O)c1cc(Br)cc([N+](=O)[O-])c1OCC(C)(C)C(=O)O. The largest absolute Gasteiger partial charge is 0.485 e. The van der Waals surface area contributed by atoms with Gasteiger partial charge in [0.2, 0.25) is 5.75 Å². The monoisotopic (exact) mass is 361 g/mol. The van der Waals surface area contributed by atoms with Gasteiger partial charge in [0, 0.05) is 16.1 Å².